The zero-order valence-electron chi connectivity index (χ0n) is 21.7. The summed E-state index contributed by atoms with van der Waals surface area (Å²) < 4.78 is 55.9. The van der Waals surface area contributed by atoms with Crippen molar-refractivity contribution >= 4 is 29.1 Å². The SMILES string of the molecule is CCn1nccc1C(=O)N[C@H](C(=O)Nc1cc(N(C)CC(F)(F)F)c(CC(N)=O)cc1F)C(C1CC1)C1CC1. The minimum Gasteiger partial charge on any atom is -0.369 e. The molecule has 3 amide bonds. The standard InChI is InChI=1S/C26H32F4N6O3/c1-3-36-19(8-9-32-36)24(38)34-23(22(14-4-5-14)15-6-7-15)25(39)33-18-12-20(35(2)13-26(28,29)30)16(10-17(18)27)11-21(31)37/h8-10,12,14-15,22-23H,3-7,11,13H2,1-2H3,(H2,31,37)(H,33,39)(H,34,38)/t23-/m0/s1. The van der Waals surface area contributed by atoms with Crippen LogP contribution in [-0.4, -0.2) is 53.3 Å². The number of nitrogens with two attached hydrogens (primary N) is 1. The van der Waals surface area contributed by atoms with Crippen molar-refractivity contribution in [3.8, 4) is 0 Å². The number of nitrogens with one attached hydrogen (secondary N) is 2. The maximum atomic E-state index is 15.1. The van der Waals surface area contributed by atoms with E-state index in [1.807, 2.05) is 6.92 Å². The average Bonchev–Trinajstić information content (AvgIpc) is 3.78. The Labute approximate surface area is 223 Å². The Morgan fingerprint density at radius 1 is 1.18 bits per heavy atom. The summed E-state index contributed by atoms with van der Waals surface area (Å²) in [5, 5.41) is 9.42. The summed E-state index contributed by atoms with van der Waals surface area (Å²) >= 11 is 0. The second-order valence-corrected chi connectivity index (χ2v) is 10.3. The van der Waals surface area contributed by atoms with E-state index >= 15 is 4.39 Å². The second kappa shape index (κ2) is 11.2. The van der Waals surface area contributed by atoms with Crippen molar-refractivity contribution in [2.75, 3.05) is 23.8 Å². The van der Waals surface area contributed by atoms with Crippen molar-refractivity contribution in [3.63, 3.8) is 0 Å². The predicted molar refractivity (Wildman–Crippen MR) is 135 cm³/mol. The van der Waals surface area contributed by atoms with Crippen LogP contribution >= 0.6 is 0 Å². The number of nitrogens with zero attached hydrogens (tertiary/aromatic N) is 3. The van der Waals surface area contributed by atoms with Crippen LogP contribution in [0.25, 0.3) is 0 Å². The van der Waals surface area contributed by atoms with Gasteiger partial charge in [-0.2, -0.15) is 18.3 Å². The predicted octanol–water partition coefficient (Wildman–Crippen LogP) is 3.24. The number of aryl methyl sites for hydroxylation is 1. The number of anilines is 2. The van der Waals surface area contributed by atoms with Gasteiger partial charge in [0.2, 0.25) is 11.8 Å². The Hall–Kier alpha value is -3.64. The van der Waals surface area contributed by atoms with Gasteiger partial charge in [0.15, 0.2) is 0 Å². The lowest BCUT2D eigenvalue weighted by molar-refractivity contribution is -0.120. The molecule has 212 valence electrons. The number of benzene rings is 1. The number of hydrogen-bond acceptors (Lipinski definition) is 5. The Kier molecular flexibility index (Phi) is 8.17. The van der Waals surface area contributed by atoms with Crippen LogP contribution in [0.3, 0.4) is 0 Å². The van der Waals surface area contributed by atoms with E-state index in [1.54, 1.807) is 0 Å². The van der Waals surface area contributed by atoms with E-state index in [-0.39, 0.29) is 40.4 Å². The van der Waals surface area contributed by atoms with Crippen molar-refractivity contribution in [2.24, 2.45) is 23.5 Å². The van der Waals surface area contributed by atoms with Crippen LogP contribution in [0, 0.1) is 23.6 Å². The normalized spacial score (nSPS) is 16.2. The number of primary amides is 1. The molecular formula is C26H32F4N6O3. The number of rotatable bonds is 12. The molecule has 0 aliphatic heterocycles. The minimum absolute atomic E-state index is 0.0451. The molecule has 39 heavy (non-hydrogen) atoms. The molecule has 0 spiro atoms. The fraction of sp³-hybridized carbons (Fsp3) is 0.538. The smallest absolute Gasteiger partial charge is 0.369 e. The number of alkyl halides is 3. The second-order valence-electron chi connectivity index (χ2n) is 10.3. The van der Waals surface area contributed by atoms with Gasteiger partial charge in [-0.15, -0.1) is 0 Å². The summed E-state index contributed by atoms with van der Waals surface area (Å²) in [6.07, 6.45) is 0.0738. The zero-order chi connectivity index (χ0) is 28.5. The Bertz CT molecular complexity index is 1230. The van der Waals surface area contributed by atoms with Crippen LogP contribution in [0.4, 0.5) is 28.9 Å². The zero-order valence-corrected chi connectivity index (χ0v) is 21.7. The molecule has 9 nitrogen and oxygen atoms in total. The van der Waals surface area contributed by atoms with E-state index < -0.39 is 48.7 Å². The topological polar surface area (TPSA) is 122 Å². The number of amides is 3. The van der Waals surface area contributed by atoms with Crippen LogP contribution in [0.2, 0.25) is 0 Å². The molecule has 1 atom stereocenters. The molecule has 2 aliphatic carbocycles. The van der Waals surface area contributed by atoms with Gasteiger partial charge >= 0.3 is 6.18 Å². The monoisotopic (exact) mass is 552 g/mol. The van der Waals surface area contributed by atoms with E-state index in [9.17, 15) is 27.6 Å². The van der Waals surface area contributed by atoms with Crippen LogP contribution in [0.15, 0.2) is 24.4 Å². The van der Waals surface area contributed by atoms with E-state index in [2.05, 4.69) is 15.7 Å². The molecule has 2 saturated carbocycles. The van der Waals surface area contributed by atoms with Crippen LogP contribution < -0.4 is 21.3 Å². The van der Waals surface area contributed by atoms with Gasteiger partial charge in [0.1, 0.15) is 24.1 Å². The van der Waals surface area contributed by atoms with Crippen molar-refractivity contribution in [3.05, 3.63) is 41.5 Å². The third-order valence-electron chi connectivity index (χ3n) is 7.15. The summed E-state index contributed by atoms with van der Waals surface area (Å²) in [5.41, 5.74) is 4.99. The van der Waals surface area contributed by atoms with Crippen molar-refractivity contribution in [2.45, 2.75) is 57.8 Å². The quantitative estimate of drug-likeness (QED) is 0.349. The lowest BCUT2D eigenvalue weighted by Crippen LogP contribution is -2.50. The fourth-order valence-corrected chi connectivity index (χ4v) is 5.17. The van der Waals surface area contributed by atoms with Crippen LogP contribution in [0.5, 0.6) is 0 Å². The molecule has 2 aliphatic rings. The van der Waals surface area contributed by atoms with Crippen LogP contribution in [-0.2, 0) is 22.6 Å². The van der Waals surface area contributed by atoms with Gasteiger partial charge in [-0.3, -0.25) is 19.1 Å². The largest absolute Gasteiger partial charge is 0.405 e. The number of carbonyl (C=O) groups excluding carboxylic acids is 3. The van der Waals surface area contributed by atoms with E-state index in [4.69, 9.17) is 5.73 Å². The van der Waals surface area contributed by atoms with Gasteiger partial charge < -0.3 is 21.3 Å². The molecule has 0 bridgehead atoms. The molecule has 1 aromatic heterocycles. The molecule has 1 aromatic carbocycles. The Morgan fingerprint density at radius 2 is 1.82 bits per heavy atom. The maximum Gasteiger partial charge on any atom is 0.405 e. The van der Waals surface area contributed by atoms with Crippen molar-refractivity contribution in [1.82, 2.24) is 15.1 Å². The molecule has 0 radical (unpaired) electrons. The molecule has 13 heteroatoms. The molecule has 4 rings (SSSR count). The Morgan fingerprint density at radius 3 is 2.36 bits per heavy atom. The molecule has 1 heterocycles. The van der Waals surface area contributed by atoms with Crippen molar-refractivity contribution in [1.29, 1.82) is 0 Å². The molecule has 2 fully saturated rings. The minimum atomic E-state index is -4.57. The van der Waals surface area contributed by atoms with Gasteiger partial charge in [0.05, 0.1) is 12.1 Å². The highest BCUT2D eigenvalue weighted by Gasteiger charge is 2.48. The molecule has 0 unspecified atom stereocenters. The third-order valence-corrected chi connectivity index (χ3v) is 7.15. The van der Waals surface area contributed by atoms with Gasteiger partial charge in [-0.25, -0.2) is 4.39 Å². The fourth-order valence-electron chi connectivity index (χ4n) is 5.17. The Balaban J connectivity index is 1.64. The summed E-state index contributed by atoms with van der Waals surface area (Å²) in [6.45, 7) is 0.897. The molecule has 4 N–H and O–H groups in total. The van der Waals surface area contributed by atoms with Gasteiger partial charge in [0.25, 0.3) is 5.91 Å². The van der Waals surface area contributed by atoms with Crippen LogP contribution in [0.1, 0.15) is 48.7 Å². The highest BCUT2D eigenvalue weighted by atomic mass is 19.4. The lowest BCUT2D eigenvalue weighted by Gasteiger charge is -2.28. The number of aromatic nitrogens is 2. The maximum absolute atomic E-state index is 15.1. The first-order valence-corrected chi connectivity index (χ1v) is 12.9. The molecule has 2 aromatic rings. The average molecular weight is 553 g/mol. The van der Waals surface area contributed by atoms with E-state index in [0.29, 0.717) is 6.54 Å². The summed E-state index contributed by atoms with van der Waals surface area (Å²) in [5.74, 6) is -2.63. The third kappa shape index (κ3) is 7.07. The van der Waals surface area contributed by atoms with E-state index in [1.165, 1.54) is 16.9 Å². The highest BCUT2D eigenvalue weighted by molar-refractivity contribution is 6.01. The first-order valence-electron chi connectivity index (χ1n) is 12.9. The number of halogens is 4. The molecule has 0 saturated heterocycles. The summed E-state index contributed by atoms with van der Waals surface area (Å²) in [4.78, 5) is 39.1. The first kappa shape index (κ1) is 28.4. The summed E-state index contributed by atoms with van der Waals surface area (Å²) in [7, 11) is 1.15. The number of hydrogen-bond donors (Lipinski definition) is 3. The lowest BCUT2D eigenvalue weighted by atomic mass is 9.88. The van der Waals surface area contributed by atoms with Gasteiger partial charge in [-0.1, -0.05) is 0 Å². The van der Waals surface area contributed by atoms with E-state index in [0.717, 1.165) is 49.8 Å². The van der Waals surface area contributed by atoms with Gasteiger partial charge in [0, 0.05) is 25.5 Å². The molecular weight excluding hydrogens is 520 g/mol. The summed E-state index contributed by atoms with van der Waals surface area (Å²) in [6, 6.07) is 2.51. The highest BCUT2D eigenvalue weighted by Crippen LogP contribution is 2.51. The van der Waals surface area contributed by atoms with Gasteiger partial charge in [-0.05, 0) is 74.1 Å². The first-order chi connectivity index (χ1) is 18.4. The number of carbonyl (C=O) groups is 3. The van der Waals surface area contributed by atoms with Crippen molar-refractivity contribution < 1.29 is 31.9 Å².